The fourth-order valence-corrected chi connectivity index (χ4v) is 2.38. The van der Waals surface area contributed by atoms with Crippen molar-refractivity contribution >= 4 is 27.3 Å². The van der Waals surface area contributed by atoms with Gasteiger partial charge in [0, 0.05) is 18.0 Å². The van der Waals surface area contributed by atoms with Crippen molar-refractivity contribution in [2.24, 2.45) is 0 Å². The van der Waals surface area contributed by atoms with Crippen molar-refractivity contribution in [3.05, 3.63) is 29.3 Å². The van der Waals surface area contributed by atoms with Gasteiger partial charge in [0.05, 0.1) is 13.2 Å². The number of aliphatic hydroxyl groups excluding tert-OH is 2. The van der Waals surface area contributed by atoms with Gasteiger partial charge in [-0.3, -0.25) is 0 Å². The van der Waals surface area contributed by atoms with E-state index in [0.29, 0.717) is 0 Å². The summed E-state index contributed by atoms with van der Waals surface area (Å²) in [7, 11) is 3.70. The molecule has 0 saturated carbocycles. The van der Waals surface area contributed by atoms with Crippen molar-refractivity contribution in [3.63, 3.8) is 0 Å². The molecule has 0 atom stereocenters. The van der Waals surface area contributed by atoms with Crippen LogP contribution < -0.4 is 5.32 Å². The fourth-order valence-electron chi connectivity index (χ4n) is 1.43. The van der Waals surface area contributed by atoms with Crippen LogP contribution in [0.25, 0.3) is 0 Å². The molecule has 110 valence electrons. The Morgan fingerprint density at radius 1 is 1.05 bits per heavy atom. The first-order valence-corrected chi connectivity index (χ1v) is 9.18. The minimum atomic E-state index is 0.00858. The highest BCUT2D eigenvalue weighted by Gasteiger charge is 1.99. The van der Waals surface area contributed by atoms with Crippen LogP contribution in [-0.2, 0) is 13.2 Å². The molecule has 0 radical (unpaired) electrons. The van der Waals surface area contributed by atoms with Crippen LogP contribution in [0.1, 0.15) is 31.4 Å². The van der Waals surface area contributed by atoms with Crippen LogP contribution >= 0.6 is 21.6 Å². The van der Waals surface area contributed by atoms with Gasteiger partial charge in [0.25, 0.3) is 0 Å². The highest BCUT2D eigenvalue weighted by atomic mass is 33.1. The molecule has 0 heterocycles. The van der Waals surface area contributed by atoms with Crippen molar-refractivity contribution in [2.45, 2.75) is 33.5 Å². The van der Waals surface area contributed by atoms with E-state index < -0.39 is 0 Å². The van der Waals surface area contributed by atoms with Crippen molar-refractivity contribution in [2.75, 3.05) is 23.9 Å². The molecule has 0 aromatic heterocycles. The first-order valence-electron chi connectivity index (χ1n) is 6.45. The summed E-state index contributed by atoms with van der Waals surface area (Å²) in [6, 6.07) is 5.60. The van der Waals surface area contributed by atoms with Gasteiger partial charge in [-0.2, -0.15) is 0 Å². The third-order valence-corrected chi connectivity index (χ3v) is 4.12. The van der Waals surface area contributed by atoms with Gasteiger partial charge in [0.1, 0.15) is 0 Å². The molecule has 3 nitrogen and oxygen atoms in total. The van der Waals surface area contributed by atoms with E-state index in [2.05, 4.69) is 25.4 Å². The summed E-state index contributed by atoms with van der Waals surface area (Å²) in [6.45, 7) is 5.17. The second-order valence-corrected chi connectivity index (χ2v) is 6.71. The Hall–Kier alpha value is -0.360. The zero-order valence-electron chi connectivity index (χ0n) is 12.0. The zero-order valence-corrected chi connectivity index (χ0v) is 13.6. The standard InChI is InChI=1S/C11H17NO2.C3H8S2/c1-2-3-12-11-5-9(7-13)4-10(6-11)8-14;1-3-5-4-2/h4-6,12-14H,2-3,7-8H2,1H3;3H2,1-2H3. The summed E-state index contributed by atoms with van der Waals surface area (Å²) in [5.41, 5.74) is 2.62. The third kappa shape index (κ3) is 9.21. The van der Waals surface area contributed by atoms with E-state index >= 15 is 0 Å². The van der Waals surface area contributed by atoms with Crippen LogP contribution in [0.4, 0.5) is 5.69 Å². The van der Waals surface area contributed by atoms with E-state index in [1.807, 2.05) is 33.7 Å². The zero-order chi connectivity index (χ0) is 14.5. The first kappa shape index (κ1) is 18.6. The van der Waals surface area contributed by atoms with Gasteiger partial charge in [0.2, 0.25) is 0 Å². The number of rotatable bonds is 7. The van der Waals surface area contributed by atoms with Crippen LogP contribution in [0, 0.1) is 0 Å². The van der Waals surface area contributed by atoms with E-state index in [4.69, 9.17) is 10.2 Å². The fraction of sp³-hybridized carbons (Fsp3) is 0.571. The lowest BCUT2D eigenvalue weighted by molar-refractivity contribution is 0.275. The van der Waals surface area contributed by atoms with E-state index in [1.54, 1.807) is 6.07 Å². The third-order valence-electron chi connectivity index (χ3n) is 2.23. The van der Waals surface area contributed by atoms with Crippen molar-refractivity contribution < 1.29 is 10.2 Å². The number of benzene rings is 1. The molecule has 0 amide bonds. The molecule has 0 fully saturated rings. The summed E-state index contributed by atoms with van der Waals surface area (Å²) in [6.07, 6.45) is 3.14. The minimum absolute atomic E-state index is 0.00858. The molecule has 0 spiro atoms. The molecule has 0 aliphatic carbocycles. The van der Waals surface area contributed by atoms with Crippen LogP contribution in [-0.4, -0.2) is 28.8 Å². The Bertz CT molecular complexity index is 311. The molecule has 0 bridgehead atoms. The predicted molar refractivity (Wildman–Crippen MR) is 88.7 cm³/mol. The van der Waals surface area contributed by atoms with Crippen LogP contribution in [0.5, 0.6) is 0 Å². The Kier molecular flexibility index (Phi) is 12.4. The smallest absolute Gasteiger partial charge is 0.0682 e. The van der Waals surface area contributed by atoms with Gasteiger partial charge in [-0.1, -0.05) is 41.5 Å². The lowest BCUT2D eigenvalue weighted by Gasteiger charge is -2.08. The van der Waals surface area contributed by atoms with Gasteiger partial charge in [-0.15, -0.1) is 0 Å². The van der Waals surface area contributed by atoms with Crippen molar-refractivity contribution in [1.82, 2.24) is 0 Å². The van der Waals surface area contributed by atoms with Gasteiger partial charge >= 0.3 is 0 Å². The minimum Gasteiger partial charge on any atom is -0.392 e. The number of nitrogens with one attached hydrogen (secondary N) is 1. The maximum Gasteiger partial charge on any atom is 0.0682 e. The quantitative estimate of drug-likeness (QED) is 0.673. The van der Waals surface area contributed by atoms with E-state index in [9.17, 15) is 0 Å². The SMILES string of the molecule is CCCNc1cc(CO)cc(CO)c1.CCSSC. The van der Waals surface area contributed by atoms with E-state index in [0.717, 1.165) is 29.8 Å². The van der Waals surface area contributed by atoms with Gasteiger partial charge < -0.3 is 15.5 Å². The molecule has 1 aromatic rings. The van der Waals surface area contributed by atoms with Crippen LogP contribution in [0.2, 0.25) is 0 Å². The molecule has 0 aliphatic heterocycles. The number of hydrogen-bond acceptors (Lipinski definition) is 5. The maximum absolute atomic E-state index is 9.00. The monoisotopic (exact) mass is 303 g/mol. The molecule has 3 N–H and O–H groups in total. The van der Waals surface area contributed by atoms with Crippen molar-refractivity contribution in [1.29, 1.82) is 0 Å². The van der Waals surface area contributed by atoms with Crippen molar-refractivity contribution in [3.8, 4) is 0 Å². The van der Waals surface area contributed by atoms with Gasteiger partial charge in [0.15, 0.2) is 0 Å². The molecule has 0 saturated heterocycles. The molecular weight excluding hydrogens is 278 g/mol. The second-order valence-electron chi connectivity index (χ2n) is 3.85. The lowest BCUT2D eigenvalue weighted by Crippen LogP contribution is -2.01. The topological polar surface area (TPSA) is 52.5 Å². The Balaban J connectivity index is 0.000000555. The summed E-state index contributed by atoms with van der Waals surface area (Å²) in [5, 5.41) is 21.2. The summed E-state index contributed by atoms with van der Waals surface area (Å²) in [5.74, 6) is 1.22. The van der Waals surface area contributed by atoms with Crippen LogP contribution in [0.15, 0.2) is 18.2 Å². The predicted octanol–water partition coefficient (Wildman–Crippen LogP) is 3.51. The highest BCUT2D eigenvalue weighted by molar-refractivity contribution is 8.76. The Morgan fingerprint density at radius 3 is 1.95 bits per heavy atom. The molecule has 19 heavy (non-hydrogen) atoms. The summed E-state index contributed by atoms with van der Waals surface area (Å²) >= 11 is 0. The highest BCUT2D eigenvalue weighted by Crippen LogP contribution is 2.15. The van der Waals surface area contributed by atoms with Crippen LogP contribution in [0.3, 0.4) is 0 Å². The molecule has 5 heteroatoms. The lowest BCUT2D eigenvalue weighted by atomic mass is 10.1. The van der Waals surface area contributed by atoms with Gasteiger partial charge in [-0.25, -0.2) is 0 Å². The molecule has 1 aromatic carbocycles. The number of anilines is 1. The normalized spacial score (nSPS) is 9.74. The Labute approximate surface area is 124 Å². The summed E-state index contributed by atoms with van der Waals surface area (Å²) in [4.78, 5) is 0. The number of aliphatic hydroxyl groups is 2. The van der Waals surface area contributed by atoms with E-state index in [-0.39, 0.29) is 13.2 Å². The average molecular weight is 303 g/mol. The average Bonchev–Trinajstić information content (AvgIpc) is 2.46. The molecule has 1 rings (SSSR count). The first-order chi connectivity index (χ1) is 9.21. The molecule has 0 aliphatic rings. The van der Waals surface area contributed by atoms with E-state index in [1.165, 1.54) is 5.75 Å². The second kappa shape index (κ2) is 12.7. The summed E-state index contributed by atoms with van der Waals surface area (Å²) < 4.78 is 0. The molecule has 0 unspecified atom stereocenters. The van der Waals surface area contributed by atoms with Gasteiger partial charge in [-0.05, 0) is 35.9 Å². The molecular formula is C14H25NO2S2. The Morgan fingerprint density at radius 2 is 1.63 bits per heavy atom. The maximum atomic E-state index is 9.00. The largest absolute Gasteiger partial charge is 0.392 e. The number of hydrogen-bond donors (Lipinski definition) is 3.